The molecule has 0 bridgehead atoms. The van der Waals surface area contributed by atoms with Gasteiger partial charge in [-0.25, -0.2) is 9.97 Å². The van der Waals surface area contributed by atoms with Gasteiger partial charge in [0, 0.05) is 4.88 Å². The van der Waals surface area contributed by atoms with Gasteiger partial charge in [-0.3, -0.25) is 0 Å². The number of ether oxygens (including phenoxy) is 1. The fourth-order valence-electron chi connectivity index (χ4n) is 2.36. The van der Waals surface area contributed by atoms with Gasteiger partial charge < -0.3 is 10.1 Å². The Morgan fingerprint density at radius 1 is 1.17 bits per heavy atom. The number of para-hydroxylation sites is 2. The van der Waals surface area contributed by atoms with Gasteiger partial charge in [0.25, 0.3) is 0 Å². The van der Waals surface area contributed by atoms with Crippen molar-refractivity contribution in [2.45, 2.75) is 46.1 Å². The molecule has 0 saturated heterocycles. The summed E-state index contributed by atoms with van der Waals surface area (Å²) in [6, 6.07) is 10.2. The van der Waals surface area contributed by atoms with Gasteiger partial charge in [0.05, 0.1) is 17.2 Å². The van der Waals surface area contributed by atoms with Gasteiger partial charge in [-0.05, 0) is 37.5 Å². The lowest BCUT2D eigenvalue weighted by Gasteiger charge is -2.17. The summed E-state index contributed by atoms with van der Waals surface area (Å²) >= 11 is 1.73. The number of nitrogens with one attached hydrogen (secondary N) is 1. The third kappa shape index (κ3) is 3.51. The maximum Gasteiger partial charge on any atom is 0.143 e. The van der Waals surface area contributed by atoms with Crippen LogP contribution in [0.5, 0.6) is 5.75 Å². The molecule has 1 unspecified atom stereocenters. The minimum Gasteiger partial charge on any atom is -0.489 e. The van der Waals surface area contributed by atoms with E-state index in [1.54, 1.807) is 17.7 Å². The first-order valence-electron chi connectivity index (χ1n) is 8.35. The molecular weight excluding hydrogens is 318 g/mol. The fourth-order valence-corrected chi connectivity index (χ4v) is 3.36. The molecule has 0 aliphatic heterocycles. The summed E-state index contributed by atoms with van der Waals surface area (Å²) in [5.41, 5.74) is 0.926. The number of hydrogen-bond donors (Lipinski definition) is 1. The monoisotopic (exact) mass is 341 g/mol. The van der Waals surface area contributed by atoms with E-state index in [0.29, 0.717) is 5.92 Å². The molecule has 0 radical (unpaired) electrons. The maximum atomic E-state index is 6.02. The van der Waals surface area contributed by atoms with Gasteiger partial charge in [-0.15, -0.1) is 11.3 Å². The van der Waals surface area contributed by atoms with Crippen molar-refractivity contribution in [2.24, 2.45) is 0 Å². The Hall–Kier alpha value is -2.14. The van der Waals surface area contributed by atoms with Crippen molar-refractivity contribution < 1.29 is 4.74 Å². The Morgan fingerprint density at radius 3 is 2.71 bits per heavy atom. The molecule has 2 aromatic heterocycles. The van der Waals surface area contributed by atoms with Crippen LogP contribution in [0, 0.1) is 0 Å². The van der Waals surface area contributed by atoms with Crippen molar-refractivity contribution in [2.75, 3.05) is 5.32 Å². The number of rotatable bonds is 6. The van der Waals surface area contributed by atoms with Crippen molar-refractivity contribution in [1.29, 1.82) is 0 Å². The minimum absolute atomic E-state index is 0.173. The molecule has 2 heterocycles. The van der Waals surface area contributed by atoms with E-state index < -0.39 is 0 Å². The molecule has 0 fully saturated rings. The van der Waals surface area contributed by atoms with Crippen LogP contribution < -0.4 is 10.1 Å². The van der Waals surface area contributed by atoms with Crippen molar-refractivity contribution in [3.63, 3.8) is 0 Å². The van der Waals surface area contributed by atoms with Gasteiger partial charge in [-0.2, -0.15) is 0 Å². The predicted octanol–water partition coefficient (Wildman–Crippen LogP) is 5.74. The second kappa shape index (κ2) is 7.18. The van der Waals surface area contributed by atoms with Crippen LogP contribution in [0.25, 0.3) is 10.2 Å². The number of nitrogens with zero attached hydrogens (tertiary/aromatic N) is 2. The molecule has 24 heavy (non-hydrogen) atoms. The van der Waals surface area contributed by atoms with Crippen LogP contribution in [0.15, 0.2) is 36.7 Å². The Balaban J connectivity index is 1.96. The molecule has 1 aromatic carbocycles. The highest BCUT2D eigenvalue weighted by Crippen LogP contribution is 2.35. The van der Waals surface area contributed by atoms with Gasteiger partial charge in [-0.1, -0.05) is 32.9 Å². The summed E-state index contributed by atoms with van der Waals surface area (Å²) in [7, 11) is 0. The molecule has 1 N–H and O–H groups in total. The fraction of sp³-hybridized carbons (Fsp3) is 0.368. The first-order chi connectivity index (χ1) is 11.6. The Bertz CT molecular complexity index is 828. The van der Waals surface area contributed by atoms with Crippen molar-refractivity contribution >= 4 is 33.1 Å². The predicted molar refractivity (Wildman–Crippen MR) is 102 cm³/mol. The third-order valence-corrected chi connectivity index (χ3v) is 5.30. The molecule has 0 amide bonds. The average molecular weight is 341 g/mol. The molecule has 3 aromatic rings. The average Bonchev–Trinajstić information content (AvgIpc) is 3.02. The van der Waals surface area contributed by atoms with Crippen LogP contribution in [0.3, 0.4) is 0 Å². The van der Waals surface area contributed by atoms with Crippen molar-refractivity contribution in [1.82, 2.24) is 9.97 Å². The van der Waals surface area contributed by atoms with E-state index in [-0.39, 0.29) is 6.10 Å². The molecule has 5 heteroatoms. The molecule has 4 nitrogen and oxygen atoms in total. The molecular formula is C19H23N3OS. The van der Waals surface area contributed by atoms with Crippen LogP contribution in [0.1, 0.15) is 44.9 Å². The molecule has 0 aliphatic carbocycles. The summed E-state index contributed by atoms with van der Waals surface area (Å²) in [5.74, 6) is 2.15. The number of anilines is 2. The smallest absolute Gasteiger partial charge is 0.143 e. The zero-order valence-corrected chi connectivity index (χ0v) is 15.4. The number of aromatic nitrogens is 2. The summed E-state index contributed by atoms with van der Waals surface area (Å²) in [5, 5.41) is 4.49. The third-order valence-electron chi connectivity index (χ3n) is 3.96. The number of benzene rings is 1. The van der Waals surface area contributed by atoms with Crippen LogP contribution in [0.2, 0.25) is 0 Å². The lowest BCUT2D eigenvalue weighted by Crippen LogP contribution is -2.11. The molecule has 3 rings (SSSR count). The first kappa shape index (κ1) is 16.7. The highest BCUT2D eigenvalue weighted by molar-refractivity contribution is 7.18. The summed E-state index contributed by atoms with van der Waals surface area (Å²) < 4.78 is 6.02. The lowest BCUT2D eigenvalue weighted by atomic mass is 10.1. The van der Waals surface area contributed by atoms with E-state index in [2.05, 4.69) is 49.0 Å². The SMILES string of the molecule is CCC(C)Oc1ccccc1Nc1ncnc2sc(C(C)C)cc12. The van der Waals surface area contributed by atoms with E-state index in [4.69, 9.17) is 4.74 Å². The van der Waals surface area contributed by atoms with Crippen molar-refractivity contribution in [3.8, 4) is 5.75 Å². The van der Waals surface area contributed by atoms with Crippen LogP contribution >= 0.6 is 11.3 Å². The summed E-state index contributed by atoms with van der Waals surface area (Å²) in [6.45, 7) is 8.59. The topological polar surface area (TPSA) is 47.0 Å². The van der Waals surface area contributed by atoms with E-state index in [1.165, 1.54) is 4.88 Å². The normalized spacial score (nSPS) is 12.5. The minimum atomic E-state index is 0.173. The van der Waals surface area contributed by atoms with Crippen LogP contribution in [-0.4, -0.2) is 16.1 Å². The molecule has 0 saturated carbocycles. The highest BCUT2D eigenvalue weighted by Gasteiger charge is 2.13. The molecule has 1 atom stereocenters. The maximum absolute atomic E-state index is 6.02. The Kier molecular flexibility index (Phi) is 5.00. The zero-order chi connectivity index (χ0) is 17.1. The molecule has 0 spiro atoms. The van der Waals surface area contributed by atoms with E-state index in [9.17, 15) is 0 Å². The second-order valence-corrected chi connectivity index (χ2v) is 7.26. The van der Waals surface area contributed by atoms with Gasteiger partial charge in [0.15, 0.2) is 0 Å². The first-order valence-corrected chi connectivity index (χ1v) is 9.17. The van der Waals surface area contributed by atoms with Crippen LogP contribution in [0.4, 0.5) is 11.5 Å². The van der Waals surface area contributed by atoms with E-state index in [0.717, 1.165) is 33.9 Å². The van der Waals surface area contributed by atoms with E-state index in [1.807, 2.05) is 24.3 Å². The quantitative estimate of drug-likeness (QED) is 0.621. The Morgan fingerprint density at radius 2 is 1.96 bits per heavy atom. The lowest BCUT2D eigenvalue weighted by molar-refractivity contribution is 0.218. The highest BCUT2D eigenvalue weighted by atomic mass is 32.1. The summed E-state index contributed by atoms with van der Waals surface area (Å²) in [6.07, 6.45) is 2.75. The second-order valence-electron chi connectivity index (χ2n) is 6.20. The van der Waals surface area contributed by atoms with Crippen LogP contribution in [-0.2, 0) is 0 Å². The number of hydrogen-bond acceptors (Lipinski definition) is 5. The summed E-state index contributed by atoms with van der Waals surface area (Å²) in [4.78, 5) is 11.2. The molecule has 0 aliphatic rings. The standard InChI is InChI=1S/C19H23N3OS/c1-5-13(4)23-16-9-7-6-8-15(16)22-18-14-10-17(12(2)3)24-19(14)21-11-20-18/h6-13H,5H2,1-4H3,(H,20,21,22). The Labute approximate surface area is 146 Å². The molecule has 126 valence electrons. The largest absolute Gasteiger partial charge is 0.489 e. The van der Waals surface area contributed by atoms with Gasteiger partial charge in [0.2, 0.25) is 0 Å². The number of fused-ring (bicyclic) bond motifs is 1. The van der Waals surface area contributed by atoms with Gasteiger partial charge >= 0.3 is 0 Å². The van der Waals surface area contributed by atoms with Gasteiger partial charge in [0.1, 0.15) is 22.7 Å². The van der Waals surface area contributed by atoms with E-state index >= 15 is 0 Å². The zero-order valence-electron chi connectivity index (χ0n) is 14.5. The van der Waals surface area contributed by atoms with Crippen molar-refractivity contribution in [3.05, 3.63) is 41.5 Å². The number of thiophene rings is 1.